The summed E-state index contributed by atoms with van der Waals surface area (Å²) in [4.78, 5) is 12.5. The first kappa shape index (κ1) is 16.9. The molecule has 0 bridgehead atoms. The van der Waals surface area contributed by atoms with Gasteiger partial charge in [0.05, 0.1) is 6.04 Å². The van der Waals surface area contributed by atoms with Crippen LogP contribution in [0.5, 0.6) is 11.5 Å². The van der Waals surface area contributed by atoms with E-state index >= 15 is 0 Å². The van der Waals surface area contributed by atoms with Crippen molar-refractivity contribution >= 4 is 5.91 Å². The van der Waals surface area contributed by atoms with E-state index in [1.807, 2.05) is 25.1 Å². The maximum Gasteiger partial charge on any atom is 0.237 e. The molecular formula is C21H24N2O3. The van der Waals surface area contributed by atoms with Crippen molar-refractivity contribution in [3.8, 4) is 11.5 Å². The normalized spacial score (nSPS) is 18.9. The molecule has 2 unspecified atom stereocenters. The Kier molecular flexibility index (Phi) is 4.80. The Morgan fingerprint density at radius 3 is 2.96 bits per heavy atom. The van der Waals surface area contributed by atoms with Crippen molar-refractivity contribution < 1.29 is 14.3 Å². The minimum Gasteiger partial charge on any atom is -0.454 e. The van der Waals surface area contributed by atoms with Crippen LogP contribution in [-0.2, 0) is 17.8 Å². The molecule has 1 heterocycles. The minimum atomic E-state index is -0.250. The lowest BCUT2D eigenvalue weighted by atomic mass is 9.87. The first-order chi connectivity index (χ1) is 12.7. The molecule has 5 heteroatoms. The predicted octanol–water partition coefficient (Wildman–Crippen LogP) is 3.09. The van der Waals surface area contributed by atoms with Gasteiger partial charge in [-0.3, -0.25) is 10.1 Å². The highest BCUT2D eigenvalue weighted by Crippen LogP contribution is 2.32. The molecular weight excluding hydrogens is 328 g/mol. The van der Waals surface area contributed by atoms with Crippen LogP contribution in [0.3, 0.4) is 0 Å². The van der Waals surface area contributed by atoms with Crippen molar-refractivity contribution in [2.45, 2.75) is 44.8 Å². The maximum atomic E-state index is 12.5. The van der Waals surface area contributed by atoms with Gasteiger partial charge in [-0.25, -0.2) is 0 Å². The number of amides is 1. The fraction of sp³-hybridized carbons (Fsp3) is 0.381. The standard InChI is InChI=1S/C21H24N2O3/c1-14(23-18-8-4-6-16-5-2-3-7-17(16)18)21(24)22-12-15-9-10-19-20(11-15)26-13-25-19/h2-3,5,7,9-11,14,18,23H,4,6,8,12-13H2,1H3,(H,22,24). The van der Waals surface area contributed by atoms with E-state index in [4.69, 9.17) is 9.47 Å². The Morgan fingerprint density at radius 1 is 1.19 bits per heavy atom. The molecule has 136 valence electrons. The number of carbonyl (C=O) groups excluding carboxylic acids is 1. The Balaban J connectivity index is 1.34. The van der Waals surface area contributed by atoms with E-state index in [0.717, 1.165) is 36.3 Å². The molecule has 2 aliphatic rings. The fourth-order valence-corrected chi connectivity index (χ4v) is 3.70. The van der Waals surface area contributed by atoms with Crippen LogP contribution in [0.1, 0.15) is 42.5 Å². The average molecular weight is 352 g/mol. The average Bonchev–Trinajstić information content (AvgIpc) is 3.14. The summed E-state index contributed by atoms with van der Waals surface area (Å²) in [5.74, 6) is 1.50. The summed E-state index contributed by atoms with van der Waals surface area (Å²) in [7, 11) is 0. The van der Waals surface area contributed by atoms with Crippen molar-refractivity contribution in [3.63, 3.8) is 0 Å². The van der Waals surface area contributed by atoms with Gasteiger partial charge in [-0.05, 0) is 55.0 Å². The van der Waals surface area contributed by atoms with Gasteiger partial charge in [0.2, 0.25) is 12.7 Å². The zero-order valence-electron chi connectivity index (χ0n) is 15.0. The molecule has 0 saturated heterocycles. The van der Waals surface area contributed by atoms with Gasteiger partial charge in [-0.1, -0.05) is 30.3 Å². The predicted molar refractivity (Wildman–Crippen MR) is 99.1 cm³/mol. The highest BCUT2D eigenvalue weighted by atomic mass is 16.7. The molecule has 0 aromatic heterocycles. The van der Waals surface area contributed by atoms with E-state index in [2.05, 4.69) is 34.9 Å². The summed E-state index contributed by atoms with van der Waals surface area (Å²) < 4.78 is 10.7. The first-order valence-corrected chi connectivity index (χ1v) is 9.21. The van der Waals surface area contributed by atoms with E-state index in [1.165, 1.54) is 11.1 Å². The Labute approximate surface area is 153 Å². The monoisotopic (exact) mass is 352 g/mol. The number of aryl methyl sites for hydroxylation is 1. The van der Waals surface area contributed by atoms with Gasteiger partial charge in [0.15, 0.2) is 11.5 Å². The number of rotatable bonds is 5. The summed E-state index contributed by atoms with van der Waals surface area (Å²) in [6.07, 6.45) is 3.34. The van der Waals surface area contributed by atoms with Crippen LogP contribution in [0, 0.1) is 0 Å². The van der Waals surface area contributed by atoms with Crippen molar-refractivity contribution in [2.24, 2.45) is 0 Å². The number of benzene rings is 2. The first-order valence-electron chi connectivity index (χ1n) is 9.21. The largest absolute Gasteiger partial charge is 0.454 e. The second-order valence-electron chi connectivity index (χ2n) is 6.94. The van der Waals surface area contributed by atoms with Crippen LogP contribution in [0.2, 0.25) is 0 Å². The lowest BCUT2D eigenvalue weighted by Crippen LogP contribution is -2.44. The highest BCUT2D eigenvalue weighted by molar-refractivity contribution is 5.81. The third-order valence-electron chi connectivity index (χ3n) is 5.12. The van der Waals surface area contributed by atoms with E-state index in [-0.39, 0.29) is 24.8 Å². The van der Waals surface area contributed by atoms with Gasteiger partial charge in [-0.15, -0.1) is 0 Å². The van der Waals surface area contributed by atoms with Crippen LogP contribution in [0.15, 0.2) is 42.5 Å². The number of hydrogen-bond acceptors (Lipinski definition) is 4. The fourth-order valence-electron chi connectivity index (χ4n) is 3.70. The molecule has 2 N–H and O–H groups in total. The van der Waals surface area contributed by atoms with Crippen molar-refractivity contribution in [1.29, 1.82) is 0 Å². The lowest BCUT2D eigenvalue weighted by molar-refractivity contribution is -0.123. The van der Waals surface area contributed by atoms with Crippen molar-refractivity contribution in [3.05, 3.63) is 59.2 Å². The Morgan fingerprint density at radius 2 is 2.04 bits per heavy atom. The Bertz CT molecular complexity index is 806. The Hall–Kier alpha value is -2.53. The zero-order valence-corrected chi connectivity index (χ0v) is 15.0. The molecule has 4 rings (SSSR count). The van der Waals surface area contributed by atoms with Gasteiger partial charge in [0, 0.05) is 12.6 Å². The smallest absolute Gasteiger partial charge is 0.237 e. The molecule has 2 atom stereocenters. The summed E-state index contributed by atoms with van der Waals surface area (Å²) >= 11 is 0. The van der Waals surface area contributed by atoms with E-state index in [0.29, 0.717) is 6.54 Å². The van der Waals surface area contributed by atoms with E-state index < -0.39 is 0 Å². The molecule has 0 radical (unpaired) electrons. The highest BCUT2D eigenvalue weighted by Gasteiger charge is 2.23. The molecule has 0 saturated carbocycles. The summed E-state index contributed by atoms with van der Waals surface area (Å²) in [5.41, 5.74) is 3.72. The SMILES string of the molecule is CC(NC1CCCc2ccccc21)C(=O)NCc1ccc2c(c1)OCO2. The summed E-state index contributed by atoms with van der Waals surface area (Å²) in [6, 6.07) is 14.3. The lowest BCUT2D eigenvalue weighted by Gasteiger charge is -2.29. The third kappa shape index (κ3) is 3.53. The van der Waals surface area contributed by atoms with Gasteiger partial charge < -0.3 is 14.8 Å². The van der Waals surface area contributed by atoms with Gasteiger partial charge in [0.25, 0.3) is 0 Å². The van der Waals surface area contributed by atoms with Crippen molar-refractivity contribution in [2.75, 3.05) is 6.79 Å². The van der Waals surface area contributed by atoms with Crippen LogP contribution in [-0.4, -0.2) is 18.7 Å². The van der Waals surface area contributed by atoms with Gasteiger partial charge >= 0.3 is 0 Å². The maximum absolute atomic E-state index is 12.5. The second kappa shape index (κ2) is 7.38. The van der Waals surface area contributed by atoms with Crippen LogP contribution in [0.4, 0.5) is 0 Å². The van der Waals surface area contributed by atoms with Gasteiger partial charge in [0.1, 0.15) is 0 Å². The quantitative estimate of drug-likeness (QED) is 0.868. The molecule has 1 amide bonds. The van der Waals surface area contributed by atoms with Gasteiger partial charge in [-0.2, -0.15) is 0 Å². The third-order valence-corrected chi connectivity index (χ3v) is 5.12. The molecule has 0 spiro atoms. The number of ether oxygens (including phenoxy) is 2. The number of carbonyl (C=O) groups is 1. The molecule has 1 aliphatic heterocycles. The zero-order chi connectivity index (χ0) is 17.9. The second-order valence-corrected chi connectivity index (χ2v) is 6.94. The molecule has 26 heavy (non-hydrogen) atoms. The summed E-state index contributed by atoms with van der Waals surface area (Å²) in [6.45, 7) is 2.66. The minimum absolute atomic E-state index is 0.00530. The van der Waals surface area contributed by atoms with E-state index in [9.17, 15) is 4.79 Å². The molecule has 1 aliphatic carbocycles. The van der Waals surface area contributed by atoms with Crippen LogP contribution >= 0.6 is 0 Å². The number of fused-ring (bicyclic) bond motifs is 2. The summed E-state index contributed by atoms with van der Waals surface area (Å²) in [5, 5.41) is 6.50. The van der Waals surface area contributed by atoms with E-state index in [1.54, 1.807) is 0 Å². The van der Waals surface area contributed by atoms with Crippen LogP contribution in [0.25, 0.3) is 0 Å². The number of hydrogen-bond donors (Lipinski definition) is 2. The topological polar surface area (TPSA) is 59.6 Å². The van der Waals surface area contributed by atoms with Crippen LogP contribution < -0.4 is 20.1 Å². The molecule has 2 aromatic carbocycles. The molecule has 0 fully saturated rings. The number of nitrogens with one attached hydrogen (secondary N) is 2. The molecule has 5 nitrogen and oxygen atoms in total. The van der Waals surface area contributed by atoms with Crippen molar-refractivity contribution in [1.82, 2.24) is 10.6 Å². The molecule has 2 aromatic rings.